The highest BCUT2D eigenvalue weighted by Gasteiger charge is 2.71. The van der Waals surface area contributed by atoms with Gasteiger partial charge in [0.25, 0.3) is 0 Å². The SMILES string of the molecule is CC(C)C1=C2[C@H]3CC[C@@H]4[C@@]5(C)CC[C@H](OC(=O)CC(C)(C)C(=O)O)C(C)(C)[C@@H]5CC[C@@]4(C)[C@]3(C)CCC2(C(O)CN(Cc2ccccc2)C(=O)CN(C)C)CC1=O. The highest BCUT2D eigenvalue weighted by molar-refractivity contribution is 6.00. The number of esters is 1. The number of carboxylic acids is 1. The Morgan fingerprint density at radius 2 is 1.56 bits per heavy atom. The number of likely N-dealkylation sites (N-methyl/N-ethyl adjacent to an activating group) is 1. The van der Waals surface area contributed by atoms with E-state index >= 15 is 0 Å². The molecule has 9 heteroatoms. The second kappa shape index (κ2) is 15.2. The molecule has 0 bridgehead atoms. The Morgan fingerprint density at radius 1 is 0.895 bits per heavy atom. The van der Waals surface area contributed by atoms with Gasteiger partial charge in [0.05, 0.1) is 24.5 Å². The van der Waals surface area contributed by atoms with Crippen molar-refractivity contribution in [2.24, 2.45) is 56.2 Å². The third-order valence-corrected chi connectivity index (χ3v) is 16.9. The van der Waals surface area contributed by atoms with Crippen LogP contribution in [-0.4, -0.2) is 83.0 Å². The Balaban J connectivity index is 1.30. The van der Waals surface area contributed by atoms with Crippen LogP contribution in [-0.2, 0) is 30.5 Å². The first kappa shape index (κ1) is 43.5. The fourth-order valence-electron chi connectivity index (χ4n) is 13.7. The zero-order chi connectivity index (χ0) is 42.1. The summed E-state index contributed by atoms with van der Waals surface area (Å²) in [5.41, 5.74) is 0.912. The minimum atomic E-state index is -1.18. The normalized spacial score (nSPS) is 35.2. The van der Waals surface area contributed by atoms with Gasteiger partial charge >= 0.3 is 11.9 Å². The van der Waals surface area contributed by atoms with Crippen molar-refractivity contribution in [2.45, 2.75) is 145 Å². The zero-order valence-corrected chi connectivity index (χ0v) is 36.9. The molecule has 57 heavy (non-hydrogen) atoms. The Labute approximate surface area is 342 Å². The van der Waals surface area contributed by atoms with Gasteiger partial charge in [0.15, 0.2) is 5.78 Å². The van der Waals surface area contributed by atoms with Crippen LogP contribution < -0.4 is 0 Å². The Morgan fingerprint density at radius 3 is 2.18 bits per heavy atom. The summed E-state index contributed by atoms with van der Waals surface area (Å²) >= 11 is 0. The molecule has 0 heterocycles. The molecule has 1 aromatic carbocycles. The van der Waals surface area contributed by atoms with Crippen LogP contribution >= 0.6 is 0 Å². The molecule has 316 valence electrons. The van der Waals surface area contributed by atoms with E-state index in [0.717, 1.165) is 62.5 Å². The van der Waals surface area contributed by atoms with E-state index in [4.69, 9.17) is 4.74 Å². The number of carbonyl (C=O) groups excluding carboxylic acids is 3. The molecular weight excluding hydrogens is 717 g/mol. The average Bonchev–Trinajstić information content (AvgIpc) is 3.42. The minimum Gasteiger partial charge on any atom is -0.481 e. The summed E-state index contributed by atoms with van der Waals surface area (Å²) in [6.07, 6.45) is 6.40. The molecule has 4 saturated carbocycles. The third kappa shape index (κ3) is 7.23. The molecule has 5 aliphatic carbocycles. The lowest BCUT2D eigenvalue weighted by molar-refractivity contribution is -0.235. The Kier molecular flexibility index (Phi) is 11.6. The van der Waals surface area contributed by atoms with Crippen molar-refractivity contribution in [2.75, 3.05) is 27.2 Å². The van der Waals surface area contributed by atoms with Crippen molar-refractivity contribution in [3.63, 3.8) is 0 Å². The van der Waals surface area contributed by atoms with Crippen LogP contribution in [0.5, 0.6) is 0 Å². The van der Waals surface area contributed by atoms with Crippen LogP contribution in [0.1, 0.15) is 132 Å². The highest BCUT2D eigenvalue weighted by atomic mass is 16.5. The average molecular weight is 789 g/mol. The molecule has 9 nitrogen and oxygen atoms in total. The fraction of sp³-hybridized carbons (Fsp3) is 0.750. The van der Waals surface area contributed by atoms with Gasteiger partial charge < -0.3 is 24.7 Å². The number of rotatable bonds is 12. The first-order chi connectivity index (χ1) is 26.4. The number of nitrogens with zero attached hydrogens (tertiary/aromatic N) is 2. The van der Waals surface area contributed by atoms with Gasteiger partial charge in [-0.2, -0.15) is 0 Å². The van der Waals surface area contributed by atoms with Gasteiger partial charge in [0, 0.05) is 30.3 Å². The van der Waals surface area contributed by atoms with Gasteiger partial charge in [-0.05, 0) is 130 Å². The molecule has 9 atom stereocenters. The lowest BCUT2D eigenvalue weighted by Crippen LogP contribution is -2.66. The van der Waals surface area contributed by atoms with Crippen LogP contribution in [0.4, 0.5) is 0 Å². The molecule has 0 saturated heterocycles. The van der Waals surface area contributed by atoms with Gasteiger partial charge in [0.1, 0.15) is 6.10 Å². The second-order valence-corrected chi connectivity index (χ2v) is 21.6. The largest absolute Gasteiger partial charge is 0.481 e. The smallest absolute Gasteiger partial charge is 0.309 e. The molecule has 1 aromatic rings. The predicted molar refractivity (Wildman–Crippen MR) is 222 cm³/mol. The number of amides is 1. The maximum absolute atomic E-state index is 14.3. The molecule has 5 aliphatic rings. The number of ether oxygens (including phenoxy) is 1. The van der Waals surface area contributed by atoms with Crippen molar-refractivity contribution >= 4 is 23.6 Å². The van der Waals surface area contributed by atoms with E-state index in [1.807, 2.05) is 49.3 Å². The number of aliphatic hydroxyl groups excluding tert-OH is 1. The number of hydrogen-bond acceptors (Lipinski definition) is 7. The molecule has 2 unspecified atom stereocenters. The van der Waals surface area contributed by atoms with Crippen molar-refractivity contribution in [3.8, 4) is 0 Å². The molecule has 4 fully saturated rings. The summed E-state index contributed by atoms with van der Waals surface area (Å²) in [5.74, 6) is -0.326. The molecular formula is C48H72N2O7. The van der Waals surface area contributed by atoms with E-state index in [-0.39, 0.29) is 70.8 Å². The quantitative estimate of drug-likeness (QED) is 0.203. The van der Waals surface area contributed by atoms with Gasteiger partial charge in [-0.1, -0.05) is 84.4 Å². The number of carbonyl (C=O) groups is 4. The van der Waals surface area contributed by atoms with E-state index in [2.05, 4.69) is 48.5 Å². The maximum atomic E-state index is 14.3. The van der Waals surface area contributed by atoms with Gasteiger partial charge in [0.2, 0.25) is 5.91 Å². The van der Waals surface area contributed by atoms with Crippen molar-refractivity contribution in [3.05, 3.63) is 47.0 Å². The van der Waals surface area contributed by atoms with E-state index in [1.54, 1.807) is 18.7 Å². The standard InChI is InChI=1S/C48H72N2O7/c1-30(2)40-33(51)25-48(36(52)28-50(38(53)29-49(10)11)27-31-15-13-12-14-16-31)24-23-46(8)32(41(40)48)17-18-35-45(7)21-20-37(57-39(54)26-43(3,4)42(55)56)44(5,6)34(45)19-22-47(35,46)9/h12-16,30,32,34-37,52H,17-29H2,1-11H3,(H,55,56)/t32-,34+,35-,36?,37+,45+,46-,47-,48?/m1/s1. The molecule has 1 amide bonds. The molecule has 0 radical (unpaired) electrons. The third-order valence-electron chi connectivity index (χ3n) is 16.9. The molecule has 6 rings (SSSR count). The number of ketones is 1. The fourth-order valence-corrected chi connectivity index (χ4v) is 13.7. The lowest BCUT2D eigenvalue weighted by atomic mass is 9.33. The Bertz CT molecular complexity index is 1770. The maximum Gasteiger partial charge on any atom is 0.309 e. The Hall–Kier alpha value is -3.04. The van der Waals surface area contributed by atoms with E-state index in [0.29, 0.717) is 24.8 Å². The first-order valence-corrected chi connectivity index (χ1v) is 21.8. The predicted octanol–water partition coefficient (Wildman–Crippen LogP) is 8.33. The number of Topliss-reactive ketones (excluding diaryl/α,β-unsaturated/α-hetero) is 1. The zero-order valence-electron chi connectivity index (χ0n) is 36.9. The van der Waals surface area contributed by atoms with Crippen LogP contribution in [0.3, 0.4) is 0 Å². The summed E-state index contributed by atoms with van der Waals surface area (Å²) < 4.78 is 6.18. The van der Waals surface area contributed by atoms with Gasteiger partial charge in [-0.15, -0.1) is 0 Å². The lowest BCUT2D eigenvalue weighted by Gasteiger charge is -2.72. The van der Waals surface area contributed by atoms with E-state index < -0.39 is 28.9 Å². The minimum absolute atomic E-state index is 0.00880. The number of aliphatic hydroxyl groups is 1. The van der Waals surface area contributed by atoms with Crippen molar-refractivity contribution in [1.82, 2.24) is 9.80 Å². The van der Waals surface area contributed by atoms with Crippen LogP contribution in [0.25, 0.3) is 0 Å². The summed E-state index contributed by atoms with van der Waals surface area (Å²) in [7, 11) is 3.78. The van der Waals surface area contributed by atoms with Gasteiger partial charge in [-0.25, -0.2) is 0 Å². The first-order valence-electron chi connectivity index (χ1n) is 21.8. The molecule has 0 aromatic heterocycles. The summed E-state index contributed by atoms with van der Waals surface area (Å²) in [4.78, 5) is 56.7. The molecule has 0 aliphatic heterocycles. The topological polar surface area (TPSA) is 124 Å². The number of aliphatic carboxylic acids is 1. The number of benzene rings is 1. The highest BCUT2D eigenvalue weighted by Crippen LogP contribution is 2.77. The number of allylic oxidation sites excluding steroid dienone is 1. The number of hydrogen-bond donors (Lipinski definition) is 2. The number of carboxylic acid groups (broad SMARTS) is 1. The molecule has 2 N–H and O–H groups in total. The van der Waals surface area contributed by atoms with Crippen LogP contribution in [0, 0.1) is 56.2 Å². The van der Waals surface area contributed by atoms with E-state index in [9.17, 15) is 29.4 Å². The summed E-state index contributed by atoms with van der Waals surface area (Å²) in [6, 6.07) is 9.96. The van der Waals surface area contributed by atoms with Crippen LogP contribution in [0.2, 0.25) is 0 Å². The molecule has 0 spiro atoms. The second-order valence-electron chi connectivity index (χ2n) is 21.6. The summed E-state index contributed by atoms with van der Waals surface area (Å²) in [5, 5.41) is 22.3. The monoisotopic (exact) mass is 789 g/mol. The van der Waals surface area contributed by atoms with Crippen molar-refractivity contribution in [1.29, 1.82) is 0 Å². The van der Waals surface area contributed by atoms with Crippen LogP contribution in [0.15, 0.2) is 41.5 Å². The van der Waals surface area contributed by atoms with Gasteiger partial charge in [-0.3, -0.25) is 19.2 Å². The van der Waals surface area contributed by atoms with Crippen molar-refractivity contribution < 1.29 is 34.1 Å². The summed E-state index contributed by atoms with van der Waals surface area (Å²) in [6.45, 7) is 20.3. The number of fused-ring (bicyclic) bond motifs is 7. The van der Waals surface area contributed by atoms with E-state index in [1.165, 1.54) is 5.57 Å².